The molecule has 0 unspecified atom stereocenters. The molecular formula is C19H19NO. The fourth-order valence-corrected chi connectivity index (χ4v) is 2.96. The number of carbonyl (C=O) groups is 1. The highest BCUT2D eigenvalue weighted by Gasteiger charge is 2.19. The summed E-state index contributed by atoms with van der Waals surface area (Å²) in [7, 11) is 0. The molecule has 1 aliphatic carbocycles. The van der Waals surface area contributed by atoms with Gasteiger partial charge in [0.1, 0.15) is 0 Å². The first kappa shape index (κ1) is 13.6. The third-order valence-corrected chi connectivity index (χ3v) is 3.90. The van der Waals surface area contributed by atoms with Gasteiger partial charge in [-0.05, 0) is 41.5 Å². The van der Waals surface area contributed by atoms with Gasteiger partial charge in [-0.1, -0.05) is 54.6 Å². The highest BCUT2D eigenvalue weighted by Crippen LogP contribution is 2.32. The summed E-state index contributed by atoms with van der Waals surface area (Å²) in [5.41, 5.74) is 6.24. The van der Waals surface area contributed by atoms with Crippen LogP contribution in [0.3, 0.4) is 0 Å². The summed E-state index contributed by atoms with van der Waals surface area (Å²) in [6, 6.07) is 18.9. The van der Waals surface area contributed by atoms with Gasteiger partial charge in [-0.3, -0.25) is 4.79 Å². The van der Waals surface area contributed by atoms with Gasteiger partial charge in [0.2, 0.25) is 5.91 Å². The fourth-order valence-electron chi connectivity index (χ4n) is 2.96. The zero-order valence-electron chi connectivity index (χ0n) is 12.2. The molecule has 3 rings (SSSR count). The van der Waals surface area contributed by atoms with Gasteiger partial charge in [-0.15, -0.1) is 0 Å². The Morgan fingerprint density at radius 1 is 1.00 bits per heavy atom. The number of nitrogens with one attached hydrogen (secondary N) is 1. The lowest BCUT2D eigenvalue weighted by atomic mass is 9.85. The Kier molecular flexibility index (Phi) is 3.87. The van der Waals surface area contributed by atoms with Crippen molar-refractivity contribution in [3.05, 3.63) is 77.0 Å². The van der Waals surface area contributed by atoms with E-state index in [9.17, 15) is 4.79 Å². The second kappa shape index (κ2) is 5.96. The van der Waals surface area contributed by atoms with E-state index < -0.39 is 0 Å². The Bertz CT molecular complexity index is 686. The zero-order chi connectivity index (χ0) is 14.7. The summed E-state index contributed by atoms with van der Waals surface area (Å²) in [4.78, 5) is 11.5. The molecule has 0 aliphatic heterocycles. The van der Waals surface area contributed by atoms with Crippen LogP contribution in [0.5, 0.6) is 0 Å². The fraction of sp³-hybridized carbons (Fsp3) is 0.211. The monoisotopic (exact) mass is 277 g/mol. The highest BCUT2D eigenvalue weighted by atomic mass is 16.1. The van der Waals surface area contributed by atoms with Crippen molar-refractivity contribution in [2.75, 3.05) is 0 Å². The minimum absolute atomic E-state index is 0.00921. The van der Waals surface area contributed by atoms with Crippen LogP contribution >= 0.6 is 0 Å². The SMILES string of the molecule is CC(=O)NC1=C(Cc2ccccc2)c2ccccc2CC1. The number of amides is 1. The van der Waals surface area contributed by atoms with Crippen LogP contribution in [-0.4, -0.2) is 5.91 Å². The number of hydrogen-bond acceptors (Lipinski definition) is 1. The first-order valence-corrected chi connectivity index (χ1v) is 7.36. The van der Waals surface area contributed by atoms with Gasteiger partial charge in [0, 0.05) is 12.6 Å². The summed E-state index contributed by atoms with van der Waals surface area (Å²) in [6.07, 6.45) is 2.75. The third-order valence-electron chi connectivity index (χ3n) is 3.90. The first-order chi connectivity index (χ1) is 10.2. The van der Waals surface area contributed by atoms with Gasteiger partial charge >= 0.3 is 0 Å². The van der Waals surface area contributed by atoms with E-state index >= 15 is 0 Å². The molecule has 0 bridgehead atoms. The molecule has 1 aliphatic rings. The maximum Gasteiger partial charge on any atom is 0.221 e. The average Bonchev–Trinajstić information content (AvgIpc) is 2.50. The van der Waals surface area contributed by atoms with Crippen LogP contribution in [0.15, 0.2) is 60.3 Å². The van der Waals surface area contributed by atoms with Crippen molar-refractivity contribution in [1.29, 1.82) is 0 Å². The van der Waals surface area contributed by atoms with Crippen molar-refractivity contribution in [1.82, 2.24) is 5.32 Å². The van der Waals surface area contributed by atoms with Crippen molar-refractivity contribution in [2.45, 2.75) is 26.2 Å². The molecule has 2 aromatic carbocycles. The molecular weight excluding hydrogens is 258 g/mol. The molecule has 21 heavy (non-hydrogen) atoms. The minimum atomic E-state index is 0.00921. The highest BCUT2D eigenvalue weighted by molar-refractivity contribution is 5.81. The van der Waals surface area contributed by atoms with Crippen LogP contribution in [0, 0.1) is 0 Å². The van der Waals surface area contributed by atoms with E-state index in [2.05, 4.69) is 53.8 Å². The molecule has 0 saturated heterocycles. The maximum absolute atomic E-state index is 11.5. The van der Waals surface area contributed by atoms with Gasteiger partial charge < -0.3 is 5.32 Å². The Labute approximate surface area is 125 Å². The number of allylic oxidation sites excluding steroid dienone is 2. The Morgan fingerprint density at radius 3 is 2.48 bits per heavy atom. The standard InChI is InChI=1S/C19H19NO/c1-14(21)20-19-12-11-16-9-5-6-10-17(16)18(19)13-15-7-3-2-4-8-15/h2-10H,11-13H2,1H3,(H,20,21). The van der Waals surface area contributed by atoms with E-state index in [1.165, 1.54) is 22.3 Å². The topological polar surface area (TPSA) is 29.1 Å². The summed E-state index contributed by atoms with van der Waals surface area (Å²) < 4.78 is 0. The minimum Gasteiger partial charge on any atom is -0.330 e. The number of fused-ring (bicyclic) bond motifs is 1. The molecule has 0 spiro atoms. The van der Waals surface area contributed by atoms with Crippen molar-refractivity contribution >= 4 is 11.5 Å². The van der Waals surface area contributed by atoms with Gasteiger partial charge in [-0.25, -0.2) is 0 Å². The predicted molar refractivity (Wildman–Crippen MR) is 85.6 cm³/mol. The molecule has 2 nitrogen and oxygen atoms in total. The lowest BCUT2D eigenvalue weighted by Gasteiger charge is -2.24. The third kappa shape index (κ3) is 3.05. The smallest absolute Gasteiger partial charge is 0.221 e. The van der Waals surface area contributed by atoms with E-state index in [1.54, 1.807) is 6.92 Å². The van der Waals surface area contributed by atoms with Crippen molar-refractivity contribution in [2.24, 2.45) is 0 Å². The van der Waals surface area contributed by atoms with Crippen LogP contribution in [-0.2, 0) is 17.6 Å². The van der Waals surface area contributed by atoms with E-state index in [0.29, 0.717) is 0 Å². The maximum atomic E-state index is 11.5. The number of benzene rings is 2. The van der Waals surface area contributed by atoms with E-state index in [1.807, 2.05) is 6.07 Å². The molecule has 0 aromatic heterocycles. The number of rotatable bonds is 3. The average molecular weight is 277 g/mol. The number of aryl methyl sites for hydroxylation is 1. The molecule has 106 valence electrons. The van der Waals surface area contributed by atoms with Crippen molar-refractivity contribution in [3.8, 4) is 0 Å². The van der Waals surface area contributed by atoms with Gasteiger partial charge in [-0.2, -0.15) is 0 Å². The second-order valence-electron chi connectivity index (χ2n) is 5.46. The van der Waals surface area contributed by atoms with Crippen LogP contribution < -0.4 is 5.32 Å². The van der Waals surface area contributed by atoms with Gasteiger partial charge in [0.05, 0.1) is 0 Å². The molecule has 2 heteroatoms. The van der Waals surface area contributed by atoms with E-state index in [0.717, 1.165) is 25.0 Å². The number of hydrogen-bond donors (Lipinski definition) is 1. The molecule has 0 radical (unpaired) electrons. The van der Waals surface area contributed by atoms with Gasteiger partial charge in [0.15, 0.2) is 0 Å². The number of carbonyl (C=O) groups excluding carboxylic acids is 1. The lowest BCUT2D eigenvalue weighted by Crippen LogP contribution is -2.24. The lowest BCUT2D eigenvalue weighted by molar-refractivity contribution is -0.118. The van der Waals surface area contributed by atoms with E-state index in [-0.39, 0.29) is 5.91 Å². The van der Waals surface area contributed by atoms with Gasteiger partial charge in [0.25, 0.3) is 0 Å². The normalized spacial score (nSPS) is 13.8. The molecule has 1 amide bonds. The second-order valence-corrected chi connectivity index (χ2v) is 5.46. The van der Waals surface area contributed by atoms with Crippen LogP contribution in [0.25, 0.3) is 5.57 Å². The largest absolute Gasteiger partial charge is 0.330 e. The summed E-state index contributed by atoms with van der Waals surface area (Å²) in [5, 5.41) is 3.03. The summed E-state index contributed by atoms with van der Waals surface area (Å²) in [5.74, 6) is 0.00921. The first-order valence-electron chi connectivity index (χ1n) is 7.36. The summed E-state index contributed by atoms with van der Waals surface area (Å²) in [6.45, 7) is 1.58. The van der Waals surface area contributed by atoms with Crippen LogP contribution in [0.4, 0.5) is 0 Å². The molecule has 0 atom stereocenters. The van der Waals surface area contributed by atoms with Crippen molar-refractivity contribution < 1.29 is 4.79 Å². The molecule has 0 saturated carbocycles. The Morgan fingerprint density at radius 2 is 1.71 bits per heavy atom. The zero-order valence-corrected chi connectivity index (χ0v) is 12.2. The molecule has 2 aromatic rings. The van der Waals surface area contributed by atoms with E-state index in [4.69, 9.17) is 0 Å². The molecule has 0 fully saturated rings. The predicted octanol–water partition coefficient (Wildman–Crippen LogP) is 3.72. The Balaban J connectivity index is 2.03. The molecule has 0 heterocycles. The van der Waals surface area contributed by atoms with Crippen LogP contribution in [0.2, 0.25) is 0 Å². The van der Waals surface area contributed by atoms with Crippen molar-refractivity contribution in [3.63, 3.8) is 0 Å². The van der Waals surface area contributed by atoms with Crippen LogP contribution in [0.1, 0.15) is 30.0 Å². The summed E-state index contributed by atoms with van der Waals surface area (Å²) >= 11 is 0. The quantitative estimate of drug-likeness (QED) is 0.910. The Hall–Kier alpha value is -2.35. The molecule has 1 N–H and O–H groups in total.